The molecule has 1 saturated heterocycles. The Labute approximate surface area is 143 Å². The topological polar surface area (TPSA) is 6.48 Å². The second-order valence-electron chi connectivity index (χ2n) is 4.04. The Morgan fingerprint density at radius 1 is 1.00 bits per heavy atom. The third kappa shape index (κ3) is 13.5. The van der Waals surface area contributed by atoms with Crippen molar-refractivity contribution in [1.82, 2.24) is 9.80 Å². The maximum atomic E-state index is 2.58. The van der Waals surface area contributed by atoms with Crippen molar-refractivity contribution in [3.63, 3.8) is 0 Å². The van der Waals surface area contributed by atoms with Gasteiger partial charge in [-0.1, -0.05) is 34.6 Å². The number of likely N-dealkylation sites (tertiary alicyclic amines) is 1. The maximum Gasteiger partial charge on any atom is 0.0113 e. The normalized spacial score (nSPS) is 15.3. The van der Waals surface area contributed by atoms with Gasteiger partial charge in [0.2, 0.25) is 0 Å². The van der Waals surface area contributed by atoms with Gasteiger partial charge >= 0.3 is 0 Å². The van der Waals surface area contributed by atoms with Gasteiger partial charge in [0.25, 0.3) is 0 Å². The van der Waals surface area contributed by atoms with Crippen LogP contribution in [0.3, 0.4) is 0 Å². The van der Waals surface area contributed by atoms with Crippen molar-refractivity contribution in [3.8, 4) is 0 Å². The first-order valence-corrected chi connectivity index (χ1v) is 7.12. The molecule has 0 aliphatic carbocycles. The zero-order valence-electron chi connectivity index (χ0n) is 14.3. The Hall–Kier alpha value is 1.02. The summed E-state index contributed by atoms with van der Waals surface area (Å²) < 4.78 is 0. The Bertz CT molecular complexity index is 122. The number of nitrogens with zero attached hydrogens (tertiary/aromatic N) is 2. The Morgan fingerprint density at radius 3 is 1.67 bits per heavy atom. The summed E-state index contributed by atoms with van der Waals surface area (Å²) in [5.41, 5.74) is 0. The zero-order valence-corrected chi connectivity index (χ0v) is 17.1. The van der Waals surface area contributed by atoms with E-state index in [9.17, 15) is 0 Å². The first-order chi connectivity index (χ1) is 7.74. The van der Waals surface area contributed by atoms with Crippen LogP contribution < -0.4 is 0 Å². The molecule has 0 saturated carbocycles. The van der Waals surface area contributed by atoms with E-state index in [2.05, 4.69) is 30.8 Å². The van der Waals surface area contributed by atoms with Crippen LogP contribution in [0.25, 0.3) is 0 Å². The fourth-order valence-electron chi connectivity index (χ4n) is 1.98. The van der Waals surface area contributed by atoms with Gasteiger partial charge in [-0.05, 0) is 53.0 Å². The summed E-state index contributed by atoms with van der Waals surface area (Å²) in [6.45, 7) is 14.2. The quantitative estimate of drug-likeness (QED) is 0.722. The van der Waals surface area contributed by atoms with E-state index in [0.717, 1.165) is 6.04 Å². The van der Waals surface area contributed by atoms with Crippen LogP contribution in [0.1, 0.15) is 53.9 Å². The molecule has 1 heterocycles. The van der Waals surface area contributed by atoms with E-state index < -0.39 is 0 Å². The molecule has 1 aliphatic rings. The molecule has 0 aromatic rings. The van der Waals surface area contributed by atoms with E-state index in [4.69, 9.17) is 0 Å². The third-order valence-corrected chi connectivity index (χ3v) is 2.83. The van der Waals surface area contributed by atoms with Crippen LogP contribution in [0.5, 0.6) is 0 Å². The van der Waals surface area contributed by atoms with Gasteiger partial charge < -0.3 is 17.2 Å². The fraction of sp³-hybridized carbons (Fsp3) is 0.933. The van der Waals surface area contributed by atoms with Gasteiger partial charge in [-0.25, -0.2) is 0 Å². The molecule has 0 amide bonds. The van der Waals surface area contributed by atoms with Gasteiger partial charge in [-0.2, -0.15) is 0 Å². The van der Waals surface area contributed by atoms with Gasteiger partial charge in [-0.15, -0.1) is 0 Å². The second-order valence-corrected chi connectivity index (χ2v) is 4.04. The van der Waals surface area contributed by atoms with Crippen molar-refractivity contribution in [3.05, 3.63) is 7.43 Å². The molecule has 0 unspecified atom stereocenters. The standard InChI is InChI=1S/C10H22N2.2C2H6.CH3.Y/c1-4-7-12-8-5-10(6-9-12)11(2)3;2*1-2;;/h10H,4-9H2,1-3H3;2*1-2H3;1H3;/q;;;-1;. The Kier molecular flexibility index (Phi) is 30.9. The van der Waals surface area contributed by atoms with Crippen LogP contribution in [-0.2, 0) is 32.7 Å². The molecule has 0 spiro atoms. The zero-order chi connectivity index (χ0) is 13.0. The summed E-state index contributed by atoms with van der Waals surface area (Å²) in [7, 11) is 4.39. The Morgan fingerprint density at radius 2 is 1.39 bits per heavy atom. The maximum absolute atomic E-state index is 2.58. The van der Waals surface area contributed by atoms with E-state index >= 15 is 0 Å². The van der Waals surface area contributed by atoms with Gasteiger partial charge in [0.15, 0.2) is 0 Å². The van der Waals surface area contributed by atoms with Gasteiger partial charge in [0, 0.05) is 38.8 Å². The SMILES string of the molecule is CC.CC.CCCN1CCC(N(C)C)CC1.[CH3-].[Y]. The van der Waals surface area contributed by atoms with E-state index in [-0.39, 0.29) is 40.1 Å². The van der Waals surface area contributed by atoms with Gasteiger partial charge in [-0.3, -0.25) is 0 Å². The molecule has 111 valence electrons. The average molecular weight is 334 g/mol. The van der Waals surface area contributed by atoms with Crippen molar-refractivity contribution >= 4 is 0 Å². The number of hydrogen-bond donors (Lipinski definition) is 0. The molecule has 1 rings (SSSR count). The summed E-state index contributed by atoms with van der Waals surface area (Å²) >= 11 is 0. The predicted octanol–water partition coefficient (Wildman–Crippen LogP) is 3.92. The van der Waals surface area contributed by atoms with Crippen molar-refractivity contribution in [2.24, 2.45) is 0 Å². The van der Waals surface area contributed by atoms with Crippen LogP contribution in [0, 0.1) is 7.43 Å². The number of hydrogen-bond acceptors (Lipinski definition) is 2. The summed E-state index contributed by atoms with van der Waals surface area (Å²) in [4.78, 5) is 4.95. The first kappa shape index (κ1) is 27.4. The molecule has 0 N–H and O–H groups in total. The Balaban J connectivity index is -0.000000149. The summed E-state index contributed by atoms with van der Waals surface area (Å²) in [5.74, 6) is 0. The van der Waals surface area contributed by atoms with Crippen LogP contribution in [0.15, 0.2) is 0 Å². The molecular weight excluding hydrogens is 297 g/mol. The van der Waals surface area contributed by atoms with Crippen molar-refractivity contribution in [1.29, 1.82) is 0 Å². The van der Waals surface area contributed by atoms with E-state index in [1.54, 1.807) is 0 Å². The monoisotopic (exact) mass is 334 g/mol. The van der Waals surface area contributed by atoms with Crippen LogP contribution >= 0.6 is 0 Å². The molecule has 3 heteroatoms. The minimum Gasteiger partial charge on any atom is -0.358 e. The van der Waals surface area contributed by atoms with E-state index in [1.807, 2.05) is 27.7 Å². The molecular formula is C15H37N2Y-. The summed E-state index contributed by atoms with van der Waals surface area (Å²) in [6.07, 6.45) is 4.01. The second kappa shape index (κ2) is 20.3. The van der Waals surface area contributed by atoms with Crippen molar-refractivity contribution in [2.45, 2.75) is 59.9 Å². The van der Waals surface area contributed by atoms with Crippen LogP contribution in [-0.4, -0.2) is 49.6 Å². The molecule has 18 heavy (non-hydrogen) atoms. The molecule has 0 aromatic carbocycles. The van der Waals surface area contributed by atoms with E-state index in [0.29, 0.717) is 0 Å². The molecule has 1 radical (unpaired) electrons. The first-order valence-electron chi connectivity index (χ1n) is 7.12. The smallest absolute Gasteiger partial charge is 0.0113 e. The molecule has 1 aliphatic heterocycles. The molecule has 0 atom stereocenters. The summed E-state index contributed by atoms with van der Waals surface area (Å²) in [6, 6.07) is 0.832. The minimum atomic E-state index is 0. The third-order valence-electron chi connectivity index (χ3n) is 2.83. The largest absolute Gasteiger partial charge is 0.358 e. The van der Waals surface area contributed by atoms with Gasteiger partial charge in [0.05, 0.1) is 0 Å². The molecule has 1 fully saturated rings. The summed E-state index contributed by atoms with van der Waals surface area (Å²) in [5, 5.41) is 0. The van der Waals surface area contributed by atoms with Gasteiger partial charge in [0.1, 0.15) is 0 Å². The van der Waals surface area contributed by atoms with Crippen molar-refractivity contribution < 1.29 is 32.7 Å². The average Bonchev–Trinajstić information content (AvgIpc) is 2.35. The molecule has 0 aromatic heterocycles. The molecule has 2 nitrogen and oxygen atoms in total. The number of rotatable bonds is 3. The molecule has 0 bridgehead atoms. The number of piperidine rings is 1. The van der Waals surface area contributed by atoms with Crippen molar-refractivity contribution in [2.75, 3.05) is 33.7 Å². The van der Waals surface area contributed by atoms with Crippen LogP contribution in [0.2, 0.25) is 0 Å². The fourth-order valence-corrected chi connectivity index (χ4v) is 1.98. The minimum absolute atomic E-state index is 0. The van der Waals surface area contributed by atoms with Crippen LogP contribution in [0.4, 0.5) is 0 Å². The predicted molar refractivity (Wildman–Crippen MR) is 82.6 cm³/mol. The van der Waals surface area contributed by atoms with E-state index in [1.165, 1.54) is 38.9 Å².